The van der Waals surface area contributed by atoms with Gasteiger partial charge < -0.3 is 9.30 Å². The first-order valence-corrected chi connectivity index (χ1v) is 9.52. The zero-order valence-corrected chi connectivity index (χ0v) is 16.2. The predicted octanol–water partition coefficient (Wildman–Crippen LogP) is 4.98. The van der Waals surface area contributed by atoms with Gasteiger partial charge in [-0.1, -0.05) is 18.2 Å². The Labute approximate surface area is 173 Å². The van der Waals surface area contributed by atoms with E-state index in [1.165, 1.54) is 24.3 Å². The summed E-state index contributed by atoms with van der Waals surface area (Å²) in [6, 6.07) is 21.0. The van der Waals surface area contributed by atoms with E-state index in [9.17, 15) is 9.18 Å². The molecule has 5 rings (SSSR count). The molecule has 1 aliphatic rings. The molecule has 5 nitrogen and oxygen atoms in total. The van der Waals surface area contributed by atoms with Crippen LogP contribution in [0.15, 0.2) is 79.0 Å². The lowest BCUT2D eigenvalue weighted by Crippen LogP contribution is -2.36. The molecular weight excluding hydrogens is 381 g/mol. The summed E-state index contributed by atoms with van der Waals surface area (Å²) in [7, 11) is 1.63. The van der Waals surface area contributed by atoms with Crippen molar-refractivity contribution in [1.82, 2.24) is 9.55 Å². The molecule has 3 aromatic carbocycles. The maximum absolute atomic E-state index is 13.3. The zero-order chi connectivity index (χ0) is 20.7. The third kappa shape index (κ3) is 2.93. The average molecular weight is 399 g/mol. The molecule has 1 aliphatic heterocycles. The summed E-state index contributed by atoms with van der Waals surface area (Å²) in [5.41, 5.74) is 4.03. The lowest BCUT2D eigenvalue weighted by Gasteiger charge is -2.31. The van der Waals surface area contributed by atoms with Crippen LogP contribution in [0.25, 0.3) is 22.6 Å². The van der Waals surface area contributed by atoms with Crippen molar-refractivity contribution in [2.45, 2.75) is 6.67 Å². The first kappa shape index (κ1) is 18.1. The quantitative estimate of drug-likeness (QED) is 0.488. The minimum atomic E-state index is -0.371. The molecule has 30 heavy (non-hydrogen) atoms. The first-order valence-electron chi connectivity index (χ1n) is 9.52. The molecule has 0 unspecified atom stereocenters. The highest BCUT2D eigenvalue weighted by molar-refractivity contribution is 6.08. The largest absolute Gasteiger partial charge is 0.497 e. The van der Waals surface area contributed by atoms with E-state index in [0.717, 1.165) is 34.1 Å². The number of imidazole rings is 1. The number of anilines is 1. The molecule has 6 heteroatoms. The Bertz CT molecular complexity index is 1230. The Balaban J connectivity index is 1.60. The van der Waals surface area contributed by atoms with E-state index in [1.807, 2.05) is 59.3 Å². The summed E-state index contributed by atoms with van der Waals surface area (Å²) in [5.74, 6) is 0.966. The molecule has 2 heterocycles. The van der Waals surface area contributed by atoms with Gasteiger partial charge in [-0.15, -0.1) is 0 Å². The van der Waals surface area contributed by atoms with Gasteiger partial charge in [0, 0.05) is 16.7 Å². The van der Waals surface area contributed by atoms with Crippen LogP contribution in [0, 0.1) is 5.82 Å². The van der Waals surface area contributed by atoms with E-state index in [4.69, 9.17) is 4.74 Å². The Morgan fingerprint density at radius 2 is 1.73 bits per heavy atom. The standard InChI is InChI=1S/C24H18FN3O2/c1-30-19-12-8-16(9-13-19)23-26-14-22-20-4-2-3-5-21(20)28(15-27(22)23)24(29)17-6-10-18(25)11-7-17/h2-14H,15H2,1H3. The van der Waals surface area contributed by atoms with Crippen LogP contribution in [0.1, 0.15) is 10.4 Å². The molecule has 1 amide bonds. The Morgan fingerprint density at radius 3 is 2.47 bits per heavy atom. The van der Waals surface area contributed by atoms with Crippen molar-refractivity contribution in [2.24, 2.45) is 0 Å². The van der Waals surface area contributed by atoms with Gasteiger partial charge in [-0.05, 0) is 54.6 Å². The molecule has 0 radical (unpaired) electrons. The van der Waals surface area contributed by atoms with Crippen LogP contribution in [0.5, 0.6) is 5.75 Å². The first-order chi connectivity index (χ1) is 14.7. The third-order valence-corrected chi connectivity index (χ3v) is 5.29. The van der Waals surface area contributed by atoms with Crippen LogP contribution >= 0.6 is 0 Å². The van der Waals surface area contributed by atoms with Crippen LogP contribution < -0.4 is 9.64 Å². The van der Waals surface area contributed by atoms with Crippen LogP contribution in [-0.2, 0) is 6.67 Å². The number of carbonyl (C=O) groups is 1. The SMILES string of the molecule is COc1ccc(-c2ncc3n2CN(C(=O)c2ccc(F)cc2)c2ccccc2-3)cc1. The third-order valence-electron chi connectivity index (χ3n) is 5.29. The van der Waals surface area contributed by atoms with Crippen LogP contribution in [0.3, 0.4) is 0 Å². The summed E-state index contributed by atoms with van der Waals surface area (Å²) in [4.78, 5) is 19.6. The van der Waals surface area contributed by atoms with Crippen LogP contribution in [-0.4, -0.2) is 22.6 Å². The van der Waals surface area contributed by atoms with Crippen molar-refractivity contribution in [3.8, 4) is 28.4 Å². The average Bonchev–Trinajstić information content (AvgIpc) is 3.23. The van der Waals surface area contributed by atoms with Crippen molar-refractivity contribution in [3.63, 3.8) is 0 Å². The number of hydrogen-bond donors (Lipinski definition) is 0. The number of para-hydroxylation sites is 1. The van der Waals surface area contributed by atoms with Gasteiger partial charge >= 0.3 is 0 Å². The number of carbonyl (C=O) groups excluding carboxylic acids is 1. The van der Waals surface area contributed by atoms with Crippen molar-refractivity contribution in [3.05, 3.63) is 90.4 Å². The van der Waals surface area contributed by atoms with Gasteiger partial charge in [-0.3, -0.25) is 9.69 Å². The van der Waals surface area contributed by atoms with E-state index in [1.54, 1.807) is 12.0 Å². The summed E-state index contributed by atoms with van der Waals surface area (Å²) in [6.45, 7) is 0.309. The van der Waals surface area contributed by atoms with E-state index in [-0.39, 0.29) is 11.7 Å². The molecule has 1 aromatic heterocycles. The number of hydrogen-bond acceptors (Lipinski definition) is 3. The molecular formula is C24H18FN3O2. The Kier molecular flexibility index (Phi) is 4.32. The monoisotopic (exact) mass is 399 g/mol. The number of aromatic nitrogens is 2. The maximum Gasteiger partial charge on any atom is 0.259 e. The summed E-state index contributed by atoms with van der Waals surface area (Å²) in [6.07, 6.45) is 1.83. The van der Waals surface area contributed by atoms with Gasteiger partial charge in [0.05, 0.1) is 24.7 Å². The lowest BCUT2D eigenvalue weighted by atomic mass is 10.1. The van der Waals surface area contributed by atoms with Gasteiger partial charge in [0.25, 0.3) is 5.91 Å². The fourth-order valence-corrected chi connectivity index (χ4v) is 3.77. The fourth-order valence-electron chi connectivity index (χ4n) is 3.77. The molecule has 0 saturated carbocycles. The van der Waals surface area contributed by atoms with Gasteiger partial charge in [-0.2, -0.15) is 0 Å². The number of amides is 1. The number of fused-ring (bicyclic) bond motifs is 3. The highest BCUT2D eigenvalue weighted by Crippen LogP contribution is 2.39. The van der Waals surface area contributed by atoms with Crippen LogP contribution in [0.2, 0.25) is 0 Å². The van der Waals surface area contributed by atoms with Crippen molar-refractivity contribution < 1.29 is 13.9 Å². The molecule has 0 fully saturated rings. The summed E-state index contributed by atoms with van der Waals surface area (Å²) >= 11 is 0. The predicted molar refractivity (Wildman–Crippen MR) is 113 cm³/mol. The highest BCUT2D eigenvalue weighted by Gasteiger charge is 2.29. The number of halogens is 1. The smallest absolute Gasteiger partial charge is 0.259 e. The molecule has 0 atom stereocenters. The molecule has 0 N–H and O–H groups in total. The molecule has 0 aliphatic carbocycles. The Morgan fingerprint density at radius 1 is 1.00 bits per heavy atom. The van der Waals surface area contributed by atoms with Gasteiger partial charge in [-0.25, -0.2) is 9.37 Å². The zero-order valence-electron chi connectivity index (χ0n) is 16.2. The maximum atomic E-state index is 13.3. The van der Waals surface area contributed by atoms with Crippen molar-refractivity contribution >= 4 is 11.6 Å². The van der Waals surface area contributed by atoms with Gasteiger partial charge in [0.2, 0.25) is 0 Å². The minimum absolute atomic E-state index is 0.192. The van der Waals surface area contributed by atoms with Crippen LogP contribution in [0.4, 0.5) is 10.1 Å². The number of rotatable bonds is 3. The normalized spacial score (nSPS) is 12.3. The fraction of sp³-hybridized carbons (Fsp3) is 0.0833. The van der Waals surface area contributed by atoms with Gasteiger partial charge in [0.15, 0.2) is 0 Å². The molecule has 4 aromatic rings. The lowest BCUT2D eigenvalue weighted by molar-refractivity contribution is 0.0979. The van der Waals surface area contributed by atoms with E-state index in [0.29, 0.717) is 12.2 Å². The minimum Gasteiger partial charge on any atom is -0.497 e. The van der Waals surface area contributed by atoms with Crippen molar-refractivity contribution in [2.75, 3.05) is 12.0 Å². The number of nitrogens with zero attached hydrogens (tertiary/aromatic N) is 3. The summed E-state index contributed by atoms with van der Waals surface area (Å²) < 4.78 is 20.6. The van der Waals surface area contributed by atoms with E-state index < -0.39 is 0 Å². The summed E-state index contributed by atoms with van der Waals surface area (Å²) in [5, 5.41) is 0. The molecule has 0 saturated heterocycles. The van der Waals surface area contributed by atoms with Gasteiger partial charge in [0.1, 0.15) is 24.1 Å². The second kappa shape index (κ2) is 7.15. The number of ether oxygens (including phenoxy) is 1. The van der Waals surface area contributed by atoms with Crippen molar-refractivity contribution in [1.29, 1.82) is 0 Å². The Hall–Kier alpha value is -3.93. The van der Waals surface area contributed by atoms with E-state index in [2.05, 4.69) is 4.98 Å². The topological polar surface area (TPSA) is 47.4 Å². The second-order valence-electron chi connectivity index (χ2n) is 7.02. The second-order valence-corrected chi connectivity index (χ2v) is 7.02. The molecule has 0 spiro atoms. The number of methoxy groups -OCH3 is 1. The number of benzene rings is 3. The van der Waals surface area contributed by atoms with E-state index >= 15 is 0 Å². The highest BCUT2D eigenvalue weighted by atomic mass is 19.1. The molecule has 148 valence electrons. The molecule has 0 bridgehead atoms.